The summed E-state index contributed by atoms with van der Waals surface area (Å²) in [4.78, 5) is 24.0. The van der Waals surface area contributed by atoms with Gasteiger partial charge in [0.1, 0.15) is 10.7 Å². The number of anilines is 2. The van der Waals surface area contributed by atoms with E-state index in [4.69, 9.17) is 20.3 Å². The van der Waals surface area contributed by atoms with E-state index >= 15 is 0 Å². The quantitative estimate of drug-likeness (QED) is 0.276. The SMILES string of the molecule is Cc1cc2c(s1)NC(=O)[C@H](NC(=N)OC(=N)c1ncc(C(F)(F)F)cc1N1CCOCC1)N=C2c1ccccc1. The summed E-state index contributed by atoms with van der Waals surface area (Å²) in [7, 11) is 0. The average Bonchev–Trinajstić information content (AvgIpc) is 3.24. The molecule has 10 nitrogen and oxygen atoms in total. The molecule has 2 aliphatic rings. The fourth-order valence-corrected chi connectivity index (χ4v) is 5.19. The Morgan fingerprint density at radius 1 is 1.20 bits per heavy atom. The van der Waals surface area contributed by atoms with Crippen LogP contribution in [0.3, 0.4) is 0 Å². The van der Waals surface area contributed by atoms with E-state index in [2.05, 4.69) is 20.6 Å². The van der Waals surface area contributed by atoms with Crippen molar-refractivity contribution in [1.82, 2.24) is 10.3 Å². The Balaban J connectivity index is 1.39. The van der Waals surface area contributed by atoms with E-state index in [1.807, 2.05) is 43.3 Å². The first-order chi connectivity index (χ1) is 19.1. The number of nitrogens with zero attached hydrogens (tertiary/aromatic N) is 3. The molecule has 3 aromatic rings. The van der Waals surface area contributed by atoms with Gasteiger partial charge < -0.3 is 25.0 Å². The van der Waals surface area contributed by atoms with Gasteiger partial charge in [0, 0.05) is 35.3 Å². The number of hydrogen-bond donors (Lipinski definition) is 4. The Labute approximate surface area is 230 Å². The Hall–Kier alpha value is -4.30. The normalized spacial score (nSPS) is 17.3. The number of aryl methyl sites for hydroxylation is 1. The Kier molecular flexibility index (Phi) is 7.54. The molecular formula is C26H24F3N7O3S. The minimum absolute atomic E-state index is 0.0346. The van der Waals surface area contributed by atoms with Gasteiger partial charge in [-0.1, -0.05) is 30.3 Å². The second kappa shape index (κ2) is 11.1. The molecule has 0 radical (unpaired) electrons. The number of ether oxygens (including phenoxy) is 2. The number of carbonyl (C=O) groups is 1. The summed E-state index contributed by atoms with van der Waals surface area (Å²) < 4.78 is 50.8. The number of halogens is 3. The van der Waals surface area contributed by atoms with Gasteiger partial charge in [0.05, 0.1) is 30.2 Å². The number of fused-ring (bicyclic) bond motifs is 1. The number of thiophene rings is 1. The van der Waals surface area contributed by atoms with E-state index in [-0.39, 0.29) is 11.4 Å². The summed E-state index contributed by atoms with van der Waals surface area (Å²) in [5, 5.41) is 22.7. The molecule has 5 rings (SSSR count). The molecule has 1 atom stereocenters. The van der Waals surface area contributed by atoms with Gasteiger partial charge in [0.2, 0.25) is 12.1 Å². The standard InChI is InChI=1S/C26H24F3N7O3S/c1-14-11-17-19(15-5-3-2-4-6-15)33-22(23(37)35-24(17)40-14)34-25(31)39-21(30)20-18(36-7-9-38-10-8-36)12-16(13-32-20)26(27,28)29/h2-6,11-13,22,30H,7-10H2,1H3,(H2,31,34)(H,35,37)/t22-/m0/s1. The molecule has 14 heteroatoms. The lowest BCUT2D eigenvalue weighted by atomic mass is 10.0. The number of pyridine rings is 1. The smallest absolute Gasteiger partial charge is 0.405 e. The van der Waals surface area contributed by atoms with Crippen molar-refractivity contribution in [1.29, 1.82) is 10.8 Å². The predicted molar refractivity (Wildman–Crippen MR) is 145 cm³/mol. The van der Waals surface area contributed by atoms with Crippen molar-refractivity contribution in [3.8, 4) is 0 Å². The van der Waals surface area contributed by atoms with Crippen molar-refractivity contribution in [2.24, 2.45) is 4.99 Å². The second-order valence-electron chi connectivity index (χ2n) is 8.93. The third kappa shape index (κ3) is 5.82. The third-order valence-corrected chi connectivity index (χ3v) is 7.10. The highest BCUT2D eigenvalue weighted by Crippen LogP contribution is 2.34. The van der Waals surface area contributed by atoms with Crippen molar-refractivity contribution >= 4 is 45.6 Å². The van der Waals surface area contributed by atoms with Gasteiger partial charge in [-0.15, -0.1) is 11.3 Å². The lowest BCUT2D eigenvalue weighted by Gasteiger charge is -2.30. The summed E-state index contributed by atoms with van der Waals surface area (Å²) in [6.45, 7) is 3.10. The number of carbonyl (C=O) groups excluding carboxylic acids is 1. The number of aliphatic imine (C=N–C) groups is 1. The van der Waals surface area contributed by atoms with Gasteiger partial charge in [-0.05, 0) is 19.1 Å². The minimum Gasteiger partial charge on any atom is -0.405 e. The van der Waals surface area contributed by atoms with Crippen LogP contribution in [-0.4, -0.2) is 61.0 Å². The summed E-state index contributed by atoms with van der Waals surface area (Å²) in [5.41, 5.74) is 0.895. The van der Waals surface area contributed by atoms with Gasteiger partial charge >= 0.3 is 6.18 Å². The predicted octanol–water partition coefficient (Wildman–Crippen LogP) is 3.99. The largest absolute Gasteiger partial charge is 0.417 e. The molecule has 1 amide bonds. The molecular weight excluding hydrogens is 547 g/mol. The molecule has 2 aliphatic heterocycles. The zero-order chi connectivity index (χ0) is 28.4. The van der Waals surface area contributed by atoms with Crippen molar-refractivity contribution in [3.63, 3.8) is 0 Å². The summed E-state index contributed by atoms with van der Waals surface area (Å²) >= 11 is 1.39. The molecule has 1 fully saturated rings. The van der Waals surface area contributed by atoms with Crippen LogP contribution in [0.25, 0.3) is 0 Å². The molecule has 0 aliphatic carbocycles. The number of amidine groups is 1. The third-order valence-electron chi connectivity index (χ3n) is 6.13. The minimum atomic E-state index is -4.63. The second-order valence-corrected chi connectivity index (χ2v) is 10.2. The van der Waals surface area contributed by atoms with Crippen LogP contribution in [0.2, 0.25) is 0 Å². The van der Waals surface area contributed by atoms with Gasteiger partial charge in [-0.2, -0.15) is 13.2 Å². The van der Waals surface area contributed by atoms with Crippen molar-refractivity contribution in [2.75, 3.05) is 36.5 Å². The van der Waals surface area contributed by atoms with Gasteiger partial charge in [-0.25, -0.2) is 9.98 Å². The zero-order valence-corrected chi connectivity index (χ0v) is 21.9. The van der Waals surface area contributed by atoms with E-state index < -0.39 is 35.7 Å². The number of benzene rings is 1. The molecule has 1 aromatic carbocycles. The lowest BCUT2D eigenvalue weighted by molar-refractivity contribution is -0.137. The van der Waals surface area contributed by atoms with Crippen molar-refractivity contribution in [2.45, 2.75) is 19.3 Å². The first-order valence-corrected chi connectivity index (χ1v) is 13.0. The number of amides is 1. The maximum atomic E-state index is 13.4. The van der Waals surface area contributed by atoms with Crippen LogP contribution in [0, 0.1) is 17.7 Å². The molecule has 0 saturated carbocycles. The van der Waals surface area contributed by atoms with E-state index in [0.29, 0.717) is 43.2 Å². The lowest BCUT2D eigenvalue weighted by Crippen LogP contribution is -2.43. The highest BCUT2D eigenvalue weighted by Gasteiger charge is 2.34. The summed E-state index contributed by atoms with van der Waals surface area (Å²) in [6, 6.07) is 11.4. The number of nitrogens with one attached hydrogen (secondary N) is 4. The maximum Gasteiger partial charge on any atom is 0.417 e. The van der Waals surface area contributed by atoms with Gasteiger partial charge in [0.15, 0.2) is 0 Å². The molecule has 208 valence electrons. The molecule has 1 saturated heterocycles. The zero-order valence-electron chi connectivity index (χ0n) is 21.1. The molecule has 40 heavy (non-hydrogen) atoms. The molecule has 4 N–H and O–H groups in total. The Bertz CT molecular complexity index is 1480. The Morgan fingerprint density at radius 2 is 1.93 bits per heavy atom. The maximum absolute atomic E-state index is 13.4. The highest BCUT2D eigenvalue weighted by atomic mass is 32.1. The van der Waals surface area contributed by atoms with E-state index in [1.165, 1.54) is 11.3 Å². The van der Waals surface area contributed by atoms with Crippen LogP contribution >= 0.6 is 11.3 Å². The van der Waals surface area contributed by atoms with E-state index in [0.717, 1.165) is 22.1 Å². The molecule has 0 unspecified atom stereocenters. The monoisotopic (exact) mass is 571 g/mol. The van der Waals surface area contributed by atoms with Crippen molar-refractivity contribution < 1.29 is 27.4 Å². The summed E-state index contributed by atoms with van der Waals surface area (Å²) in [6.07, 6.45) is -5.30. The molecule has 2 aromatic heterocycles. The first-order valence-electron chi connectivity index (χ1n) is 12.2. The number of alkyl halides is 3. The highest BCUT2D eigenvalue weighted by molar-refractivity contribution is 7.16. The number of rotatable bonds is 4. The van der Waals surface area contributed by atoms with Crippen molar-refractivity contribution in [3.05, 3.63) is 75.9 Å². The Morgan fingerprint density at radius 3 is 2.62 bits per heavy atom. The van der Waals surface area contributed by atoms with Crippen LogP contribution in [0.4, 0.5) is 23.9 Å². The van der Waals surface area contributed by atoms with Gasteiger partial charge in [0.25, 0.3) is 11.9 Å². The molecule has 0 spiro atoms. The van der Waals surface area contributed by atoms with E-state index in [9.17, 15) is 18.0 Å². The molecule has 0 bridgehead atoms. The van der Waals surface area contributed by atoms with Crippen LogP contribution in [0.1, 0.15) is 27.3 Å². The number of morpholine rings is 1. The van der Waals surface area contributed by atoms with E-state index in [1.54, 1.807) is 4.90 Å². The van der Waals surface area contributed by atoms with Crippen LogP contribution in [0.15, 0.2) is 53.7 Å². The fourth-order valence-electron chi connectivity index (χ4n) is 4.28. The van der Waals surface area contributed by atoms with Crippen LogP contribution < -0.4 is 15.5 Å². The number of hydrogen-bond acceptors (Lipinski definition) is 9. The van der Waals surface area contributed by atoms with Gasteiger partial charge in [-0.3, -0.25) is 15.6 Å². The summed E-state index contributed by atoms with van der Waals surface area (Å²) in [5.74, 6) is -1.21. The van der Waals surface area contributed by atoms with Crippen LogP contribution in [0.5, 0.6) is 0 Å². The first kappa shape index (κ1) is 27.3. The number of aromatic nitrogens is 1. The van der Waals surface area contributed by atoms with Crippen LogP contribution in [-0.2, 0) is 20.4 Å². The average molecular weight is 572 g/mol. The fraction of sp³-hybridized carbons (Fsp3) is 0.269. The molecule has 4 heterocycles. The topological polar surface area (TPSA) is 136 Å².